The second-order valence-corrected chi connectivity index (χ2v) is 6.51. The molecule has 2 atom stereocenters. The summed E-state index contributed by atoms with van der Waals surface area (Å²) in [4.78, 5) is 0.367. The molecule has 5 heteroatoms. The van der Waals surface area contributed by atoms with Crippen LogP contribution in [0.4, 0.5) is 0 Å². The molecule has 2 unspecified atom stereocenters. The molecule has 1 aliphatic rings. The van der Waals surface area contributed by atoms with Crippen molar-refractivity contribution in [1.82, 2.24) is 0 Å². The van der Waals surface area contributed by atoms with E-state index in [-0.39, 0.29) is 12.6 Å². The Bertz CT molecular complexity index is 498. The number of ether oxygens (including phenoxy) is 1. The number of hydrogen-bond donors (Lipinski definition) is 1. The zero-order valence-corrected chi connectivity index (χ0v) is 10.6. The molecule has 1 saturated heterocycles. The molecule has 1 heterocycles. The van der Waals surface area contributed by atoms with E-state index < -0.39 is 15.1 Å². The summed E-state index contributed by atoms with van der Waals surface area (Å²) in [6, 6.07) is 6.64. The fourth-order valence-electron chi connectivity index (χ4n) is 2.09. The molecule has 1 aromatic carbocycles. The second kappa shape index (κ2) is 4.76. The van der Waals surface area contributed by atoms with Crippen LogP contribution in [0.3, 0.4) is 0 Å². The van der Waals surface area contributed by atoms with Crippen molar-refractivity contribution < 1.29 is 13.2 Å². The van der Waals surface area contributed by atoms with Gasteiger partial charge in [-0.05, 0) is 25.0 Å². The van der Waals surface area contributed by atoms with E-state index in [2.05, 4.69) is 0 Å². The Kier molecular flexibility index (Phi) is 3.51. The van der Waals surface area contributed by atoms with Crippen molar-refractivity contribution in [2.45, 2.75) is 29.5 Å². The van der Waals surface area contributed by atoms with Gasteiger partial charge in [-0.15, -0.1) is 0 Å². The molecular formula is C12H17NO3S. The van der Waals surface area contributed by atoms with E-state index in [1.807, 2.05) is 6.07 Å². The van der Waals surface area contributed by atoms with Crippen molar-refractivity contribution in [2.75, 3.05) is 13.2 Å². The van der Waals surface area contributed by atoms with E-state index in [0.717, 1.165) is 5.56 Å². The molecule has 2 N–H and O–H groups in total. The Balaban J connectivity index is 2.39. The van der Waals surface area contributed by atoms with E-state index >= 15 is 0 Å². The normalized spacial score (nSPS) is 25.8. The molecule has 0 aliphatic carbocycles. The highest BCUT2D eigenvalue weighted by atomic mass is 32.2. The quantitative estimate of drug-likeness (QED) is 0.852. The third-order valence-electron chi connectivity index (χ3n) is 3.15. The first-order chi connectivity index (χ1) is 8.03. The lowest BCUT2D eigenvalue weighted by atomic mass is 10.1. The molecule has 94 valence electrons. The van der Waals surface area contributed by atoms with Crippen LogP contribution in [0.2, 0.25) is 0 Å². The Morgan fingerprint density at radius 1 is 1.35 bits per heavy atom. The van der Waals surface area contributed by atoms with Crippen LogP contribution >= 0.6 is 0 Å². The smallest absolute Gasteiger partial charge is 0.185 e. The summed E-state index contributed by atoms with van der Waals surface area (Å²) in [7, 11) is -3.39. The monoisotopic (exact) mass is 255 g/mol. The Labute approximate surface area is 102 Å². The van der Waals surface area contributed by atoms with E-state index in [1.165, 1.54) is 0 Å². The molecule has 0 aromatic heterocycles. The van der Waals surface area contributed by atoms with Gasteiger partial charge in [-0.2, -0.15) is 0 Å². The van der Waals surface area contributed by atoms with Crippen LogP contribution in [-0.4, -0.2) is 32.9 Å². The molecule has 0 amide bonds. The SMILES string of the molecule is Cc1ccccc1S(=O)(=O)C1COCCC1N. The fourth-order valence-corrected chi connectivity index (χ4v) is 4.07. The molecule has 2 rings (SSSR count). The van der Waals surface area contributed by atoms with Crippen LogP contribution in [0, 0.1) is 6.92 Å². The van der Waals surface area contributed by atoms with Crippen molar-refractivity contribution >= 4 is 9.84 Å². The van der Waals surface area contributed by atoms with Gasteiger partial charge in [0.05, 0.1) is 11.5 Å². The molecule has 1 aliphatic heterocycles. The van der Waals surface area contributed by atoms with Gasteiger partial charge in [0.25, 0.3) is 0 Å². The third kappa shape index (κ3) is 2.36. The van der Waals surface area contributed by atoms with Crippen LogP contribution < -0.4 is 5.73 Å². The highest BCUT2D eigenvalue weighted by molar-refractivity contribution is 7.92. The zero-order chi connectivity index (χ0) is 12.5. The van der Waals surface area contributed by atoms with Crippen LogP contribution in [-0.2, 0) is 14.6 Å². The molecule has 1 aromatic rings. The molecule has 0 spiro atoms. The lowest BCUT2D eigenvalue weighted by molar-refractivity contribution is 0.0891. The topological polar surface area (TPSA) is 69.4 Å². The van der Waals surface area contributed by atoms with Gasteiger partial charge in [-0.1, -0.05) is 18.2 Å². The molecule has 0 bridgehead atoms. The first kappa shape index (κ1) is 12.5. The number of nitrogens with two attached hydrogens (primary N) is 1. The highest BCUT2D eigenvalue weighted by Crippen LogP contribution is 2.24. The molecule has 0 saturated carbocycles. The summed E-state index contributed by atoms with van der Waals surface area (Å²) in [6.07, 6.45) is 0.593. The fraction of sp³-hybridized carbons (Fsp3) is 0.500. The zero-order valence-electron chi connectivity index (χ0n) is 9.80. The maximum atomic E-state index is 12.5. The Hall–Kier alpha value is -0.910. The van der Waals surface area contributed by atoms with Gasteiger partial charge in [-0.3, -0.25) is 0 Å². The van der Waals surface area contributed by atoms with Gasteiger partial charge < -0.3 is 10.5 Å². The van der Waals surface area contributed by atoms with Gasteiger partial charge in [0.2, 0.25) is 0 Å². The van der Waals surface area contributed by atoms with Crippen molar-refractivity contribution in [3.63, 3.8) is 0 Å². The largest absolute Gasteiger partial charge is 0.380 e. The van der Waals surface area contributed by atoms with Gasteiger partial charge >= 0.3 is 0 Å². The minimum absolute atomic E-state index is 0.192. The summed E-state index contributed by atoms with van der Waals surface area (Å²) < 4.78 is 30.2. The van der Waals surface area contributed by atoms with E-state index in [9.17, 15) is 8.42 Å². The number of sulfone groups is 1. The molecular weight excluding hydrogens is 238 g/mol. The summed E-state index contributed by atoms with van der Waals surface area (Å²) in [6.45, 7) is 2.53. The van der Waals surface area contributed by atoms with Crippen molar-refractivity contribution in [1.29, 1.82) is 0 Å². The second-order valence-electron chi connectivity index (χ2n) is 4.38. The lowest BCUT2D eigenvalue weighted by Crippen LogP contribution is -2.47. The maximum Gasteiger partial charge on any atom is 0.185 e. The van der Waals surface area contributed by atoms with E-state index in [4.69, 9.17) is 10.5 Å². The number of hydrogen-bond acceptors (Lipinski definition) is 4. The Morgan fingerprint density at radius 2 is 2.06 bits per heavy atom. The lowest BCUT2D eigenvalue weighted by Gasteiger charge is -2.28. The van der Waals surface area contributed by atoms with Gasteiger partial charge in [0.1, 0.15) is 5.25 Å². The predicted molar refractivity (Wildman–Crippen MR) is 65.6 cm³/mol. The number of rotatable bonds is 2. The average Bonchev–Trinajstić information content (AvgIpc) is 2.29. The molecule has 0 radical (unpaired) electrons. The van der Waals surface area contributed by atoms with Crippen molar-refractivity contribution in [3.05, 3.63) is 29.8 Å². The maximum absolute atomic E-state index is 12.5. The summed E-state index contributed by atoms with van der Waals surface area (Å²) >= 11 is 0. The van der Waals surface area contributed by atoms with Gasteiger partial charge in [0, 0.05) is 12.6 Å². The Morgan fingerprint density at radius 3 is 2.71 bits per heavy atom. The van der Waals surface area contributed by atoms with Crippen LogP contribution in [0.25, 0.3) is 0 Å². The third-order valence-corrected chi connectivity index (χ3v) is 5.51. The summed E-state index contributed by atoms with van der Waals surface area (Å²) in [5.41, 5.74) is 6.65. The van der Waals surface area contributed by atoms with E-state index in [0.29, 0.717) is 17.9 Å². The predicted octanol–water partition coefficient (Wildman–Crippen LogP) is 0.885. The summed E-state index contributed by atoms with van der Waals surface area (Å²) in [5, 5.41) is -0.627. The first-order valence-corrected chi connectivity index (χ1v) is 7.21. The minimum Gasteiger partial charge on any atom is -0.380 e. The van der Waals surface area contributed by atoms with Crippen molar-refractivity contribution in [3.8, 4) is 0 Å². The average molecular weight is 255 g/mol. The van der Waals surface area contributed by atoms with Crippen LogP contribution in [0.15, 0.2) is 29.2 Å². The van der Waals surface area contributed by atoms with Crippen molar-refractivity contribution in [2.24, 2.45) is 5.73 Å². The molecule has 17 heavy (non-hydrogen) atoms. The summed E-state index contributed by atoms with van der Waals surface area (Å²) in [5.74, 6) is 0. The first-order valence-electron chi connectivity index (χ1n) is 5.66. The highest BCUT2D eigenvalue weighted by Gasteiger charge is 2.35. The van der Waals surface area contributed by atoms with E-state index in [1.54, 1.807) is 25.1 Å². The van der Waals surface area contributed by atoms with Crippen LogP contribution in [0.1, 0.15) is 12.0 Å². The van der Waals surface area contributed by atoms with Gasteiger partial charge in [-0.25, -0.2) is 8.42 Å². The molecule has 1 fully saturated rings. The number of benzene rings is 1. The van der Waals surface area contributed by atoms with Crippen LogP contribution in [0.5, 0.6) is 0 Å². The number of aryl methyl sites for hydroxylation is 1. The van der Waals surface area contributed by atoms with Gasteiger partial charge in [0.15, 0.2) is 9.84 Å². The molecule has 4 nitrogen and oxygen atoms in total. The standard InChI is InChI=1S/C12H17NO3S/c1-9-4-2-3-5-11(9)17(14,15)12-8-16-7-6-10(12)13/h2-5,10,12H,6-8,13H2,1H3. The minimum atomic E-state index is -3.39.